The number of nitrogens with zero attached hydrogens (tertiary/aromatic N) is 1. The van der Waals surface area contributed by atoms with E-state index in [1.54, 1.807) is 29.8 Å². The molecule has 108 valence electrons. The molecule has 1 aromatic heterocycles. The van der Waals surface area contributed by atoms with Crippen LogP contribution in [0.4, 0.5) is 11.4 Å². The summed E-state index contributed by atoms with van der Waals surface area (Å²) in [6.45, 7) is 0. The van der Waals surface area contributed by atoms with E-state index in [4.69, 9.17) is 5.73 Å². The molecular weight excluding hydrogens is 374 g/mol. The van der Waals surface area contributed by atoms with Crippen LogP contribution in [0.2, 0.25) is 0 Å². The summed E-state index contributed by atoms with van der Waals surface area (Å²) in [5.74, 6) is 0. The van der Waals surface area contributed by atoms with Crippen LogP contribution in [-0.2, 0) is 10.0 Å². The second-order valence-electron chi connectivity index (χ2n) is 4.32. The Morgan fingerprint density at radius 3 is 2.76 bits per heavy atom. The minimum atomic E-state index is -3.67. The van der Waals surface area contributed by atoms with Gasteiger partial charge in [-0.1, -0.05) is 0 Å². The lowest BCUT2D eigenvalue weighted by Gasteiger charge is -2.09. The lowest BCUT2D eigenvalue weighted by atomic mass is 10.3. The van der Waals surface area contributed by atoms with E-state index < -0.39 is 10.0 Å². The van der Waals surface area contributed by atoms with Crippen molar-refractivity contribution < 1.29 is 8.42 Å². The van der Waals surface area contributed by atoms with Crippen LogP contribution >= 0.6 is 27.3 Å². The zero-order chi connectivity index (χ0) is 15.0. The Labute approximate surface area is 134 Å². The van der Waals surface area contributed by atoms with Crippen LogP contribution in [0.25, 0.3) is 10.2 Å². The van der Waals surface area contributed by atoms with Crippen molar-refractivity contribution in [2.24, 2.45) is 0 Å². The number of benzene rings is 2. The third-order valence-corrected chi connectivity index (χ3v) is 5.75. The van der Waals surface area contributed by atoms with Gasteiger partial charge in [-0.2, -0.15) is 0 Å². The molecule has 0 bridgehead atoms. The predicted octanol–water partition coefficient (Wildman–Crippen LogP) is 3.44. The Bertz CT molecular complexity index is 922. The van der Waals surface area contributed by atoms with Crippen molar-refractivity contribution in [1.29, 1.82) is 0 Å². The van der Waals surface area contributed by atoms with E-state index in [2.05, 4.69) is 25.6 Å². The fourth-order valence-electron chi connectivity index (χ4n) is 1.82. The number of nitrogens with two attached hydrogens (primary N) is 1. The van der Waals surface area contributed by atoms with Crippen molar-refractivity contribution in [2.45, 2.75) is 4.90 Å². The third-order valence-electron chi connectivity index (χ3n) is 2.86. The number of fused-ring (bicyclic) bond motifs is 1. The molecule has 0 radical (unpaired) electrons. The zero-order valence-electron chi connectivity index (χ0n) is 10.6. The van der Waals surface area contributed by atoms with Gasteiger partial charge in [-0.05, 0) is 52.3 Å². The van der Waals surface area contributed by atoms with Crippen LogP contribution < -0.4 is 10.5 Å². The average Bonchev–Trinajstić information content (AvgIpc) is 2.88. The molecule has 5 nitrogen and oxygen atoms in total. The fraction of sp³-hybridized carbons (Fsp3) is 0. The van der Waals surface area contributed by atoms with Gasteiger partial charge in [0, 0.05) is 10.2 Å². The normalized spacial score (nSPS) is 11.7. The van der Waals surface area contributed by atoms with E-state index in [0.29, 0.717) is 15.8 Å². The van der Waals surface area contributed by atoms with Gasteiger partial charge in [-0.25, -0.2) is 13.4 Å². The molecule has 0 amide bonds. The van der Waals surface area contributed by atoms with E-state index in [1.807, 2.05) is 0 Å². The predicted molar refractivity (Wildman–Crippen MR) is 89.0 cm³/mol. The van der Waals surface area contributed by atoms with E-state index in [0.717, 1.165) is 10.2 Å². The van der Waals surface area contributed by atoms with E-state index >= 15 is 0 Å². The smallest absolute Gasteiger partial charge is 0.261 e. The lowest BCUT2D eigenvalue weighted by molar-refractivity contribution is 0.601. The van der Waals surface area contributed by atoms with Crippen LogP contribution in [0.5, 0.6) is 0 Å². The van der Waals surface area contributed by atoms with Crippen molar-refractivity contribution in [1.82, 2.24) is 4.98 Å². The quantitative estimate of drug-likeness (QED) is 0.678. The van der Waals surface area contributed by atoms with E-state index in [-0.39, 0.29) is 4.90 Å². The number of hydrogen-bond donors (Lipinski definition) is 2. The molecule has 3 aromatic rings. The summed E-state index contributed by atoms with van der Waals surface area (Å²) in [6.07, 6.45) is 0. The molecule has 8 heteroatoms. The van der Waals surface area contributed by atoms with Gasteiger partial charge >= 0.3 is 0 Å². The number of anilines is 2. The number of rotatable bonds is 3. The van der Waals surface area contributed by atoms with Gasteiger partial charge in [-0.15, -0.1) is 11.3 Å². The Morgan fingerprint density at radius 1 is 1.19 bits per heavy atom. The number of sulfonamides is 1. The zero-order valence-corrected chi connectivity index (χ0v) is 13.8. The number of nitrogen functional groups attached to an aromatic ring is 1. The average molecular weight is 384 g/mol. The molecule has 0 spiro atoms. The van der Waals surface area contributed by atoms with Gasteiger partial charge in [0.1, 0.15) is 0 Å². The maximum absolute atomic E-state index is 12.3. The summed E-state index contributed by atoms with van der Waals surface area (Å²) in [4.78, 5) is 4.27. The van der Waals surface area contributed by atoms with Crippen molar-refractivity contribution in [3.8, 4) is 0 Å². The summed E-state index contributed by atoms with van der Waals surface area (Å²) in [7, 11) is -3.67. The molecule has 0 aliphatic rings. The third kappa shape index (κ3) is 2.87. The van der Waals surface area contributed by atoms with Crippen LogP contribution in [0, 0.1) is 0 Å². The molecule has 0 fully saturated rings. The molecule has 0 aliphatic carbocycles. The molecular formula is C13H10BrN3O2S2. The molecule has 0 aliphatic heterocycles. The van der Waals surface area contributed by atoms with Gasteiger partial charge in [0.15, 0.2) is 0 Å². The second kappa shape index (κ2) is 5.28. The minimum absolute atomic E-state index is 0.118. The number of nitrogens with one attached hydrogen (secondary N) is 1. The maximum atomic E-state index is 12.3. The number of aromatic nitrogens is 1. The highest BCUT2D eigenvalue weighted by atomic mass is 79.9. The molecule has 0 unspecified atom stereocenters. The Morgan fingerprint density at radius 2 is 2.00 bits per heavy atom. The number of thiazole rings is 1. The van der Waals surface area contributed by atoms with E-state index in [9.17, 15) is 8.42 Å². The largest absolute Gasteiger partial charge is 0.398 e. The van der Waals surface area contributed by atoms with Gasteiger partial charge in [0.25, 0.3) is 10.0 Å². The van der Waals surface area contributed by atoms with Crippen LogP contribution in [0.3, 0.4) is 0 Å². The minimum Gasteiger partial charge on any atom is -0.398 e. The van der Waals surface area contributed by atoms with Crippen LogP contribution in [-0.4, -0.2) is 13.4 Å². The molecule has 2 aromatic carbocycles. The van der Waals surface area contributed by atoms with Crippen LogP contribution in [0.1, 0.15) is 0 Å². The highest BCUT2D eigenvalue weighted by molar-refractivity contribution is 9.10. The van der Waals surface area contributed by atoms with Gasteiger partial charge < -0.3 is 5.73 Å². The molecule has 0 saturated carbocycles. The van der Waals surface area contributed by atoms with Crippen molar-refractivity contribution >= 4 is 58.9 Å². The van der Waals surface area contributed by atoms with Gasteiger partial charge in [0.05, 0.1) is 26.3 Å². The fourth-order valence-corrected chi connectivity index (χ4v) is 3.87. The Balaban J connectivity index is 1.96. The molecule has 0 saturated heterocycles. The molecule has 1 heterocycles. The van der Waals surface area contributed by atoms with Gasteiger partial charge in [0.2, 0.25) is 0 Å². The highest BCUT2D eigenvalue weighted by Gasteiger charge is 2.15. The summed E-state index contributed by atoms with van der Waals surface area (Å²) in [5, 5.41) is 0. The SMILES string of the molecule is Nc1cc(S(=O)(=O)Nc2ccc3ncsc3c2)ccc1Br. The first-order valence-electron chi connectivity index (χ1n) is 5.87. The van der Waals surface area contributed by atoms with Gasteiger partial charge in [-0.3, -0.25) is 4.72 Å². The molecule has 3 N–H and O–H groups in total. The first kappa shape index (κ1) is 14.3. The first-order chi connectivity index (χ1) is 9.95. The summed E-state index contributed by atoms with van der Waals surface area (Å²) in [6, 6.07) is 9.73. The van der Waals surface area contributed by atoms with Crippen molar-refractivity contribution in [2.75, 3.05) is 10.5 Å². The molecule has 21 heavy (non-hydrogen) atoms. The highest BCUT2D eigenvalue weighted by Crippen LogP contribution is 2.26. The lowest BCUT2D eigenvalue weighted by Crippen LogP contribution is -2.13. The van der Waals surface area contributed by atoms with Crippen molar-refractivity contribution in [3.05, 3.63) is 46.4 Å². The molecule has 0 atom stereocenters. The second-order valence-corrected chi connectivity index (χ2v) is 7.75. The Kier molecular flexibility index (Phi) is 3.60. The van der Waals surface area contributed by atoms with Crippen molar-refractivity contribution in [3.63, 3.8) is 0 Å². The van der Waals surface area contributed by atoms with Crippen LogP contribution in [0.15, 0.2) is 51.3 Å². The number of hydrogen-bond acceptors (Lipinski definition) is 5. The number of halogens is 1. The summed E-state index contributed by atoms with van der Waals surface area (Å²) >= 11 is 4.70. The maximum Gasteiger partial charge on any atom is 0.261 e. The first-order valence-corrected chi connectivity index (χ1v) is 9.02. The molecule has 3 rings (SSSR count). The summed E-state index contributed by atoms with van der Waals surface area (Å²) in [5.41, 5.74) is 9.15. The van der Waals surface area contributed by atoms with E-state index in [1.165, 1.54) is 23.5 Å². The topological polar surface area (TPSA) is 85.1 Å². The monoisotopic (exact) mass is 383 g/mol. The summed E-state index contributed by atoms with van der Waals surface area (Å²) < 4.78 is 28.8. The Hall–Kier alpha value is -1.64. The standard InChI is InChI=1S/C13H10BrN3O2S2/c14-10-3-2-9(6-11(10)15)21(18,19)17-8-1-4-12-13(5-8)20-7-16-12/h1-7,17H,15H2.